The molecule has 1 aliphatic heterocycles. The van der Waals surface area contributed by atoms with Crippen LogP contribution >= 0.6 is 11.6 Å². The third-order valence-corrected chi connectivity index (χ3v) is 5.93. The zero-order chi connectivity index (χ0) is 23.9. The highest BCUT2D eigenvalue weighted by atomic mass is 35.5. The average Bonchev–Trinajstić information content (AvgIpc) is 3.11. The predicted octanol–water partition coefficient (Wildman–Crippen LogP) is 5.61. The first-order chi connectivity index (χ1) is 16.3. The number of carbonyl (C=O) groups is 1. The molecule has 1 N–H and O–H groups in total. The first-order valence-corrected chi connectivity index (χ1v) is 11.0. The molecule has 34 heavy (non-hydrogen) atoms. The van der Waals surface area contributed by atoms with Crippen LogP contribution < -0.4 is 10.2 Å². The number of hydrogen-bond acceptors (Lipinski definition) is 4. The monoisotopic (exact) mass is 485 g/mol. The Kier molecular flexibility index (Phi) is 5.65. The maximum absolute atomic E-state index is 13.2. The SMILES string of the molecule is O=C(Nc1ccc(N2CCC2)nc1)c1cc2nc(C(F)(F)F)ccc2n1Cc1cccc(Cl)c1. The lowest BCUT2D eigenvalue weighted by atomic mass is 10.2. The summed E-state index contributed by atoms with van der Waals surface area (Å²) in [6.45, 7) is 2.14. The number of halogens is 4. The molecule has 0 spiro atoms. The number of alkyl halides is 3. The van der Waals surface area contributed by atoms with Crippen molar-refractivity contribution in [2.75, 3.05) is 23.3 Å². The second-order valence-electron chi connectivity index (χ2n) is 8.04. The zero-order valence-electron chi connectivity index (χ0n) is 17.8. The van der Waals surface area contributed by atoms with E-state index in [9.17, 15) is 18.0 Å². The summed E-state index contributed by atoms with van der Waals surface area (Å²) in [6, 6.07) is 14.3. The number of amides is 1. The lowest BCUT2D eigenvalue weighted by Gasteiger charge is -2.31. The Hall–Kier alpha value is -3.59. The molecule has 1 fully saturated rings. The molecule has 1 amide bonds. The molecule has 6 nitrogen and oxygen atoms in total. The van der Waals surface area contributed by atoms with Gasteiger partial charge >= 0.3 is 6.18 Å². The van der Waals surface area contributed by atoms with Crippen molar-refractivity contribution in [2.45, 2.75) is 19.1 Å². The van der Waals surface area contributed by atoms with E-state index in [-0.39, 0.29) is 17.8 Å². The van der Waals surface area contributed by atoms with Gasteiger partial charge in [0.1, 0.15) is 17.2 Å². The number of pyridine rings is 2. The molecule has 0 atom stereocenters. The third kappa shape index (κ3) is 4.43. The van der Waals surface area contributed by atoms with Crippen molar-refractivity contribution in [3.05, 3.63) is 82.8 Å². The fraction of sp³-hybridized carbons (Fsp3) is 0.208. The van der Waals surface area contributed by atoms with E-state index in [1.807, 2.05) is 12.1 Å². The molecule has 4 aromatic rings. The number of benzene rings is 1. The Bertz CT molecular complexity index is 1360. The Balaban J connectivity index is 1.50. The van der Waals surface area contributed by atoms with Gasteiger partial charge in [-0.15, -0.1) is 0 Å². The van der Waals surface area contributed by atoms with Crippen molar-refractivity contribution < 1.29 is 18.0 Å². The van der Waals surface area contributed by atoms with Crippen molar-refractivity contribution in [3.63, 3.8) is 0 Å². The van der Waals surface area contributed by atoms with Gasteiger partial charge in [0.25, 0.3) is 5.91 Å². The van der Waals surface area contributed by atoms with E-state index in [0.717, 1.165) is 37.0 Å². The molecule has 0 saturated carbocycles. The summed E-state index contributed by atoms with van der Waals surface area (Å²) in [4.78, 5) is 23.4. The summed E-state index contributed by atoms with van der Waals surface area (Å²) in [6.07, 6.45) is -1.90. The number of anilines is 2. The van der Waals surface area contributed by atoms with Crippen LogP contribution in [0.5, 0.6) is 0 Å². The molecule has 3 aromatic heterocycles. The normalized spacial score (nSPS) is 13.7. The molecule has 10 heteroatoms. The van der Waals surface area contributed by atoms with Crippen molar-refractivity contribution in [1.82, 2.24) is 14.5 Å². The Labute approximate surface area is 198 Å². The minimum atomic E-state index is -4.59. The Morgan fingerprint density at radius 1 is 1.09 bits per heavy atom. The number of aromatic nitrogens is 3. The third-order valence-electron chi connectivity index (χ3n) is 5.70. The molecule has 1 aliphatic rings. The summed E-state index contributed by atoms with van der Waals surface area (Å²) in [7, 11) is 0. The number of fused-ring (bicyclic) bond motifs is 1. The number of nitrogens with one attached hydrogen (secondary N) is 1. The molecule has 1 saturated heterocycles. The molecular weight excluding hydrogens is 467 g/mol. The van der Waals surface area contributed by atoms with Crippen LogP contribution in [-0.4, -0.2) is 33.5 Å². The fourth-order valence-electron chi connectivity index (χ4n) is 3.86. The molecule has 0 bridgehead atoms. The summed E-state index contributed by atoms with van der Waals surface area (Å²) in [5, 5.41) is 3.31. The van der Waals surface area contributed by atoms with E-state index in [4.69, 9.17) is 11.6 Å². The van der Waals surface area contributed by atoms with E-state index in [2.05, 4.69) is 20.2 Å². The molecule has 4 heterocycles. The summed E-state index contributed by atoms with van der Waals surface area (Å²) in [5.41, 5.74) is 0.918. The van der Waals surface area contributed by atoms with Crippen LogP contribution in [0.2, 0.25) is 5.02 Å². The fourth-order valence-corrected chi connectivity index (χ4v) is 4.07. The minimum absolute atomic E-state index is 0.0771. The van der Waals surface area contributed by atoms with Crippen molar-refractivity contribution in [1.29, 1.82) is 0 Å². The number of carbonyl (C=O) groups excluding carboxylic acids is 1. The Morgan fingerprint density at radius 2 is 1.91 bits per heavy atom. The lowest BCUT2D eigenvalue weighted by Crippen LogP contribution is -2.37. The van der Waals surface area contributed by atoms with Gasteiger partial charge in [0.05, 0.1) is 22.9 Å². The summed E-state index contributed by atoms with van der Waals surface area (Å²) < 4.78 is 41.2. The summed E-state index contributed by atoms with van der Waals surface area (Å²) >= 11 is 6.10. The van der Waals surface area contributed by atoms with E-state index in [1.165, 1.54) is 12.1 Å². The molecule has 0 aliphatic carbocycles. The Morgan fingerprint density at radius 3 is 2.56 bits per heavy atom. The standard InChI is InChI=1S/C24H19ClF3N5O/c25-16-4-1-3-15(11-16)14-33-19-6-7-21(24(26,27)28)31-18(19)12-20(33)23(34)30-17-5-8-22(29-13-17)32-9-2-10-32/h1,3-8,11-13H,2,9-10,14H2,(H,30,34). The zero-order valence-corrected chi connectivity index (χ0v) is 18.6. The first-order valence-electron chi connectivity index (χ1n) is 10.6. The molecule has 5 rings (SSSR count). The van der Waals surface area contributed by atoms with Crippen LogP contribution in [0, 0.1) is 0 Å². The van der Waals surface area contributed by atoms with E-state index in [0.29, 0.717) is 16.2 Å². The van der Waals surface area contributed by atoms with Gasteiger partial charge in [-0.05, 0) is 54.4 Å². The van der Waals surface area contributed by atoms with Crippen LogP contribution in [0.4, 0.5) is 24.7 Å². The highest BCUT2D eigenvalue weighted by molar-refractivity contribution is 6.30. The largest absolute Gasteiger partial charge is 0.433 e. The highest BCUT2D eigenvalue weighted by Crippen LogP contribution is 2.30. The topological polar surface area (TPSA) is 63.1 Å². The number of hydrogen-bond donors (Lipinski definition) is 1. The van der Waals surface area contributed by atoms with Gasteiger partial charge in [0.2, 0.25) is 0 Å². The van der Waals surface area contributed by atoms with E-state index >= 15 is 0 Å². The van der Waals surface area contributed by atoms with E-state index in [1.54, 1.807) is 35.0 Å². The average molecular weight is 486 g/mol. The summed E-state index contributed by atoms with van der Waals surface area (Å²) in [5.74, 6) is 0.357. The van der Waals surface area contributed by atoms with Gasteiger partial charge in [-0.25, -0.2) is 9.97 Å². The molecule has 0 unspecified atom stereocenters. The van der Waals surface area contributed by atoms with Crippen molar-refractivity contribution >= 4 is 40.0 Å². The lowest BCUT2D eigenvalue weighted by molar-refractivity contribution is -0.140. The van der Waals surface area contributed by atoms with Gasteiger partial charge in [0, 0.05) is 24.7 Å². The minimum Gasteiger partial charge on any atom is -0.356 e. The van der Waals surface area contributed by atoms with Gasteiger partial charge in [0.15, 0.2) is 0 Å². The van der Waals surface area contributed by atoms with Crippen molar-refractivity contribution in [3.8, 4) is 0 Å². The van der Waals surface area contributed by atoms with Crippen LogP contribution in [-0.2, 0) is 12.7 Å². The maximum Gasteiger partial charge on any atom is 0.433 e. The van der Waals surface area contributed by atoms with Gasteiger partial charge in [-0.3, -0.25) is 4.79 Å². The van der Waals surface area contributed by atoms with Gasteiger partial charge in [-0.2, -0.15) is 13.2 Å². The number of rotatable bonds is 5. The number of nitrogens with zero attached hydrogens (tertiary/aromatic N) is 4. The van der Waals surface area contributed by atoms with Crippen LogP contribution in [0.25, 0.3) is 11.0 Å². The quantitative estimate of drug-likeness (QED) is 0.399. The maximum atomic E-state index is 13.2. The van der Waals surface area contributed by atoms with Crippen LogP contribution in [0.3, 0.4) is 0 Å². The smallest absolute Gasteiger partial charge is 0.356 e. The molecule has 1 aromatic carbocycles. The second kappa shape index (κ2) is 8.64. The second-order valence-corrected chi connectivity index (χ2v) is 8.48. The van der Waals surface area contributed by atoms with Crippen molar-refractivity contribution in [2.24, 2.45) is 0 Å². The highest BCUT2D eigenvalue weighted by Gasteiger charge is 2.33. The molecular formula is C24H19ClF3N5O. The van der Waals surface area contributed by atoms with Crippen LogP contribution in [0.15, 0.2) is 60.8 Å². The van der Waals surface area contributed by atoms with Gasteiger partial charge in [-0.1, -0.05) is 23.7 Å². The van der Waals surface area contributed by atoms with Gasteiger partial charge < -0.3 is 14.8 Å². The van der Waals surface area contributed by atoms with Crippen LogP contribution in [0.1, 0.15) is 28.2 Å². The molecule has 0 radical (unpaired) electrons. The van der Waals surface area contributed by atoms with E-state index < -0.39 is 17.8 Å². The predicted molar refractivity (Wildman–Crippen MR) is 124 cm³/mol. The molecule has 174 valence electrons. The first kappa shape index (κ1) is 22.2.